The summed E-state index contributed by atoms with van der Waals surface area (Å²) in [6.45, 7) is 2.47. The van der Waals surface area contributed by atoms with E-state index in [2.05, 4.69) is 31.0 Å². The molecule has 0 saturated carbocycles. The lowest BCUT2D eigenvalue weighted by Gasteiger charge is -2.06. The van der Waals surface area contributed by atoms with Gasteiger partial charge in [-0.3, -0.25) is 0 Å². The van der Waals surface area contributed by atoms with Crippen LogP contribution in [-0.2, 0) is 10.0 Å². The van der Waals surface area contributed by atoms with E-state index < -0.39 is 10.0 Å². The van der Waals surface area contributed by atoms with E-state index in [-0.39, 0.29) is 5.75 Å². The SMILES string of the molecule is CCS(=O)(=O)NCCNc1ccc(Br)cn1. The summed E-state index contributed by atoms with van der Waals surface area (Å²) in [6, 6.07) is 3.68. The molecule has 1 aromatic rings. The highest BCUT2D eigenvalue weighted by Crippen LogP contribution is 2.09. The van der Waals surface area contributed by atoms with E-state index >= 15 is 0 Å². The average molecular weight is 308 g/mol. The molecule has 0 atom stereocenters. The Bertz CT molecular complexity index is 419. The fourth-order valence-corrected chi connectivity index (χ4v) is 1.83. The lowest BCUT2D eigenvalue weighted by Crippen LogP contribution is -2.30. The topological polar surface area (TPSA) is 71.1 Å². The molecular weight excluding hydrogens is 294 g/mol. The van der Waals surface area contributed by atoms with Crippen LogP contribution in [0.2, 0.25) is 0 Å². The van der Waals surface area contributed by atoms with Gasteiger partial charge in [-0.25, -0.2) is 18.1 Å². The minimum Gasteiger partial charge on any atom is -0.369 e. The molecule has 0 aliphatic heterocycles. The van der Waals surface area contributed by atoms with E-state index in [1.807, 2.05) is 12.1 Å². The molecule has 1 aromatic heterocycles. The second kappa shape index (κ2) is 6.17. The molecule has 7 heteroatoms. The molecule has 0 bridgehead atoms. The van der Waals surface area contributed by atoms with Crippen LogP contribution in [0.4, 0.5) is 5.82 Å². The molecule has 0 unspecified atom stereocenters. The van der Waals surface area contributed by atoms with E-state index in [0.717, 1.165) is 10.3 Å². The largest absolute Gasteiger partial charge is 0.369 e. The average Bonchev–Trinajstić information content (AvgIpc) is 2.27. The number of sulfonamides is 1. The van der Waals surface area contributed by atoms with Gasteiger partial charge in [0.15, 0.2) is 0 Å². The fourth-order valence-electron chi connectivity index (χ4n) is 0.980. The molecule has 0 radical (unpaired) electrons. The summed E-state index contributed by atoms with van der Waals surface area (Å²) in [7, 11) is -3.10. The molecule has 0 saturated heterocycles. The number of anilines is 1. The molecule has 1 heterocycles. The van der Waals surface area contributed by atoms with Gasteiger partial charge >= 0.3 is 0 Å². The second-order valence-electron chi connectivity index (χ2n) is 3.09. The number of hydrogen-bond donors (Lipinski definition) is 2. The highest BCUT2D eigenvalue weighted by molar-refractivity contribution is 9.10. The van der Waals surface area contributed by atoms with Crippen molar-refractivity contribution in [1.82, 2.24) is 9.71 Å². The van der Waals surface area contributed by atoms with E-state index in [1.54, 1.807) is 13.1 Å². The number of pyridine rings is 1. The summed E-state index contributed by atoms with van der Waals surface area (Å²) >= 11 is 3.28. The number of aromatic nitrogens is 1. The Hall–Kier alpha value is -0.660. The summed E-state index contributed by atoms with van der Waals surface area (Å²) < 4.78 is 25.6. The van der Waals surface area contributed by atoms with Crippen LogP contribution in [0.25, 0.3) is 0 Å². The molecule has 0 amide bonds. The number of halogens is 1. The van der Waals surface area contributed by atoms with Gasteiger partial charge in [-0.1, -0.05) is 0 Å². The smallest absolute Gasteiger partial charge is 0.211 e. The zero-order valence-electron chi connectivity index (χ0n) is 8.90. The predicted molar refractivity (Wildman–Crippen MR) is 67.9 cm³/mol. The first-order valence-corrected chi connectivity index (χ1v) is 7.31. The monoisotopic (exact) mass is 307 g/mol. The maximum atomic E-state index is 11.1. The number of rotatable bonds is 6. The molecular formula is C9H14BrN3O2S. The van der Waals surface area contributed by atoms with Crippen LogP contribution in [0.5, 0.6) is 0 Å². The molecule has 16 heavy (non-hydrogen) atoms. The normalized spacial score (nSPS) is 11.4. The van der Waals surface area contributed by atoms with Crippen LogP contribution < -0.4 is 10.0 Å². The number of nitrogens with one attached hydrogen (secondary N) is 2. The van der Waals surface area contributed by atoms with E-state index in [1.165, 1.54) is 0 Å². The van der Waals surface area contributed by atoms with Crippen molar-refractivity contribution in [2.45, 2.75) is 6.92 Å². The zero-order valence-corrected chi connectivity index (χ0v) is 11.3. The molecule has 2 N–H and O–H groups in total. The summed E-state index contributed by atoms with van der Waals surface area (Å²) in [4.78, 5) is 4.10. The zero-order chi connectivity index (χ0) is 12.0. The van der Waals surface area contributed by atoms with E-state index in [4.69, 9.17) is 0 Å². The summed E-state index contributed by atoms with van der Waals surface area (Å²) in [6.07, 6.45) is 1.68. The fraction of sp³-hybridized carbons (Fsp3) is 0.444. The van der Waals surface area contributed by atoms with Gasteiger partial charge in [0, 0.05) is 23.8 Å². The third kappa shape index (κ3) is 4.91. The van der Waals surface area contributed by atoms with Crippen LogP contribution in [0.3, 0.4) is 0 Å². The molecule has 0 aliphatic carbocycles. The van der Waals surface area contributed by atoms with Crippen molar-refractivity contribution in [2.75, 3.05) is 24.2 Å². The van der Waals surface area contributed by atoms with Crippen molar-refractivity contribution in [3.05, 3.63) is 22.8 Å². The quantitative estimate of drug-likeness (QED) is 0.775. The molecule has 0 fully saturated rings. The molecule has 0 aromatic carbocycles. The van der Waals surface area contributed by atoms with Crippen molar-refractivity contribution in [1.29, 1.82) is 0 Å². The third-order valence-corrected chi connectivity index (χ3v) is 3.73. The second-order valence-corrected chi connectivity index (χ2v) is 6.10. The summed E-state index contributed by atoms with van der Waals surface area (Å²) in [5.74, 6) is 0.822. The van der Waals surface area contributed by atoms with Gasteiger partial charge in [-0.2, -0.15) is 0 Å². The van der Waals surface area contributed by atoms with Crippen molar-refractivity contribution in [3.63, 3.8) is 0 Å². The van der Waals surface area contributed by atoms with Crippen LogP contribution in [0.15, 0.2) is 22.8 Å². The first kappa shape index (κ1) is 13.4. The van der Waals surface area contributed by atoms with Crippen LogP contribution in [0.1, 0.15) is 6.92 Å². The van der Waals surface area contributed by atoms with Gasteiger partial charge in [-0.05, 0) is 35.0 Å². The minimum atomic E-state index is -3.10. The Kier molecular flexibility index (Phi) is 5.17. The van der Waals surface area contributed by atoms with E-state index in [9.17, 15) is 8.42 Å². The Balaban J connectivity index is 2.29. The lowest BCUT2D eigenvalue weighted by atomic mass is 10.4. The first-order valence-electron chi connectivity index (χ1n) is 4.86. The minimum absolute atomic E-state index is 0.101. The van der Waals surface area contributed by atoms with Crippen LogP contribution >= 0.6 is 15.9 Å². The molecule has 5 nitrogen and oxygen atoms in total. The Labute approximate surface area is 104 Å². The molecule has 0 spiro atoms. The third-order valence-electron chi connectivity index (χ3n) is 1.86. The van der Waals surface area contributed by atoms with E-state index in [0.29, 0.717) is 13.1 Å². The molecule has 90 valence electrons. The van der Waals surface area contributed by atoms with Crippen LogP contribution in [0, 0.1) is 0 Å². The molecule has 1 rings (SSSR count). The number of nitrogens with zero attached hydrogens (tertiary/aromatic N) is 1. The molecule has 0 aliphatic rings. The van der Waals surface area contributed by atoms with Crippen molar-refractivity contribution >= 4 is 31.8 Å². The van der Waals surface area contributed by atoms with Gasteiger partial charge in [0.2, 0.25) is 10.0 Å². The standard InChI is InChI=1S/C9H14BrN3O2S/c1-2-16(14,15)13-6-5-11-9-4-3-8(10)7-12-9/h3-4,7,13H,2,5-6H2,1H3,(H,11,12). The Morgan fingerprint density at radius 2 is 2.12 bits per heavy atom. The Morgan fingerprint density at radius 1 is 1.38 bits per heavy atom. The van der Waals surface area contributed by atoms with Crippen molar-refractivity contribution in [3.8, 4) is 0 Å². The van der Waals surface area contributed by atoms with Gasteiger partial charge in [-0.15, -0.1) is 0 Å². The van der Waals surface area contributed by atoms with Crippen molar-refractivity contribution in [2.24, 2.45) is 0 Å². The number of hydrogen-bond acceptors (Lipinski definition) is 4. The Morgan fingerprint density at radius 3 is 2.69 bits per heavy atom. The van der Waals surface area contributed by atoms with Gasteiger partial charge in [0.25, 0.3) is 0 Å². The summed E-state index contributed by atoms with van der Waals surface area (Å²) in [5, 5.41) is 3.01. The van der Waals surface area contributed by atoms with Gasteiger partial charge in [0.1, 0.15) is 5.82 Å². The summed E-state index contributed by atoms with van der Waals surface area (Å²) in [5.41, 5.74) is 0. The predicted octanol–water partition coefficient (Wildman–Crippen LogP) is 1.20. The lowest BCUT2D eigenvalue weighted by molar-refractivity contribution is 0.584. The highest BCUT2D eigenvalue weighted by atomic mass is 79.9. The highest BCUT2D eigenvalue weighted by Gasteiger charge is 2.04. The maximum Gasteiger partial charge on any atom is 0.211 e. The maximum absolute atomic E-state index is 11.1. The van der Waals surface area contributed by atoms with Crippen molar-refractivity contribution < 1.29 is 8.42 Å². The first-order chi connectivity index (χ1) is 7.53. The van der Waals surface area contributed by atoms with Crippen LogP contribution in [-0.4, -0.2) is 32.2 Å². The van der Waals surface area contributed by atoms with Gasteiger partial charge < -0.3 is 5.32 Å². The van der Waals surface area contributed by atoms with Gasteiger partial charge in [0.05, 0.1) is 5.75 Å².